The zero-order valence-electron chi connectivity index (χ0n) is 14.8. The second-order valence-electron chi connectivity index (χ2n) is 5.86. The Hall–Kier alpha value is -1.02. The van der Waals surface area contributed by atoms with Crippen molar-refractivity contribution in [1.29, 1.82) is 0 Å². The number of rotatable bonds is 5. The van der Waals surface area contributed by atoms with Crippen LogP contribution in [0, 0.1) is 5.92 Å². The summed E-state index contributed by atoms with van der Waals surface area (Å²) in [4.78, 5) is 18.6. The Kier molecular flexibility index (Phi) is 10.2. The van der Waals surface area contributed by atoms with Crippen molar-refractivity contribution in [3.63, 3.8) is 0 Å². The van der Waals surface area contributed by atoms with E-state index in [0.29, 0.717) is 6.54 Å². The van der Waals surface area contributed by atoms with Gasteiger partial charge in [-0.3, -0.25) is 9.79 Å². The largest absolute Gasteiger partial charge is 0.469 e. The van der Waals surface area contributed by atoms with Crippen molar-refractivity contribution >= 4 is 47.5 Å². The van der Waals surface area contributed by atoms with Gasteiger partial charge < -0.3 is 15.0 Å². The Morgan fingerprint density at radius 3 is 2.64 bits per heavy atom. The molecular formula is C18H27ClIN3O2. The molecule has 1 fully saturated rings. The predicted molar refractivity (Wildman–Crippen MR) is 113 cm³/mol. The highest BCUT2D eigenvalue weighted by atomic mass is 127. The number of hydrogen-bond donors (Lipinski definition) is 1. The lowest BCUT2D eigenvalue weighted by Crippen LogP contribution is -2.46. The SMILES string of the molecule is CCNC(=NCCc1ccccc1Cl)N1CCC(C(=O)OC)CC1.I. The van der Waals surface area contributed by atoms with E-state index in [-0.39, 0.29) is 35.9 Å². The summed E-state index contributed by atoms with van der Waals surface area (Å²) in [5, 5.41) is 4.13. The van der Waals surface area contributed by atoms with E-state index < -0.39 is 0 Å². The number of carbonyl (C=O) groups is 1. The molecule has 0 aromatic heterocycles. The number of nitrogens with one attached hydrogen (secondary N) is 1. The van der Waals surface area contributed by atoms with Gasteiger partial charge in [0.25, 0.3) is 0 Å². The molecule has 1 saturated heterocycles. The van der Waals surface area contributed by atoms with Crippen LogP contribution >= 0.6 is 35.6 Å². The fourth-order valence-electron chi connectivity index (χ4n) is 2.90. The first-order valence-electron chi connectivity index (χ1n) is 8.50. The van der Waals surface area contributed by atoms with Gasteiger partial charge in [0.1, 0.15) is 0 Å². The molecule has 1 aromatic carbocycles. The molecule has 0 bridgehead atoms. The van der Waals surface area contributed by atoms with Crippen molar-refractivity contribution in [2.75, 3.05) is 33.3 Å². The summed E-state index contributed by atoms with van der Waals surface area (Å²) in [6.45, 7) is 5.20. The quantitative estimate of drug-likeness (QED) is 0.305. The molecule has 0 unspecified atom stereocenters. The normalized spacial score (nSPS) is 15.5. The van der Waals surface area contributed by atoms with Crippen LogP contribution in [0.4, 0.5) is 0 Å². The molecule has 1 aliphatic rings. The van der Waals surface area contributed by atoms with E-state index in [1.54, 1.807) is 0 Å². The minimum Gasteiger partial charge on any atom is -0.469 e. The maximum atomic E-state index is 11.6. The number of piperidine rings is 1. The number of ether oxygens (including phenoxy) is 1. The second-order valence-corrected chi connectivity index (χ2v) is 6.27. The second kappa shape index (κ2) is 11.6. The summed E-state index contributed by atoms with van der Waals surface area (Å²) in [7, 11) is 1.45. The summed E-state index contributed by atoms with van der Waals surface area (Å²) in [6, 6.07) is 7.87. The van der Waals surface area contributed by atoms with Crippen molar-refractivity contribution in [1.82, 2.24) is 10.2 Å². The Morgan fingerprint density at radius 2 is 2.04 bits per heavy atom. The highest BCUT2D eigenvalue weighted by Crippen LogP contribution is 2.19. The number of guanidine groups is 1. The molecule has 0 spiro atoms. The molecule has 0 amide bonds. The molecule has 1 N–H and O–H groups in total. The van der Waals surface area contributed by atoms with E-state index >= 15 is 0 Å². The average molecular weight is 480 g/mol. The molecule has 1 aromatic rings. The van der Waals surface area contributed by atoms with E-state index in [9.17, 15) is 4.79 Å². The van der Waals surface area contributed by atoms with Crippen molar-refractivity contribution < 1.29 is 9.53 Å². The lowest BCUT2D eigenvalue weighted by molar-refractivity contribution is -0.146. The van der Waals surface area contributed by atoms with Crippen LogP contribution in [0.25, 0.3) is 0 Å². The third-order valence-electron chi connectivity index (χ3n) is 4.26. The van der Waals surface area contributed by atoms with Gasteiger partial charge in [-0.25, -0.2) is 0 Å². The third-order valence-corrected chi connectivity index (χ3v) is 4.63. The number of benzene rings is 1. The monoisotopic (exact) mass is 479 g/mol. The number of carbonyl (C=O) groups excluding carboxylic acids is 1. The number of esters is 1. The van der Waals surface area contributed by atoms with Gasteiger partial charge in [0.2, 0.25) is 0 Å². The first-order chi connectivity index (χ1) is 11.7. The molecule has 0 aliphatic carbocycles. The summed E-state index contributed by atoms with van der Waals surface area (Å²) in [5.74, 6) is 0.820. The average Bonchev–Trinajstić information content (AvgIpc) is 2.62. The maximum absolute atomic E-state index is 11.6. The number of aliphatic imine (C=N–C) groups is 1. The Bertz CT molecular complexity index is 575. The van der Waals surface area contributed by atoms with Crippen molar-refractivity contribution in [2.45, 2.75) is 26.2 Å². The molecule has 0 saturated carbocycles. The summed E-state index contributed by atoms with van der Waals surface area (Å²) < 4.78 is 4.84. The lowest BCUT2D eigenvalue weighted by atomic mass is 9.97. The molecular weight excluding hydrogens is 453 g/mol. The van der Waals surface area contributed by atoms with E-state index in [1.165, 1.54) is 7.11 Å². The molecule has 2 rings (SSSR count). The van der Waals surface area contributed by atoms with Crippen LogP contribution in [0.5, 0.6) is 0 Å². The molecule has 5 nitrogen and oxygen atoms in total. The van der Waals surface area contributed by atoms with Gasteiger partial charge >= 0.3 is 5.97 Å². The van der Waals surface area contributed by atoms with Gasteiger partial charge in [-0.05, 0) is 37.8 Å². The zero-order valence-corrected chi connectivity index (χ0v) is 17.9. The minimum absolute atomic E-state index is 0. The highest BCUT2D eigenvalue weighted by Gasteiger charge is 2.26. The Balaban J connectivity index is 0.00000312. The van der Waals surface area contributed by atoms with Crippen LogP contribution in [-0.2, 0) is 16.0 Å². The van der Waals surface area contributed by atoms with Crippen LogP contribution in [0.3, 0.4) is 0 Å². The highest BCUT2D eigenvalue weighted by molar-refractivity contribution is 14.0. The van der Waals surface area contributed by atoms with Crippen molar-refractivity contribution in [3.05, 3.63) is 34.9 Å². The van der Waals surface area contributed by atoms with E-state index in [0.717, 1.165) is 55.4 Å². The Morgan fingerprint density at radius 1 is 1.36 bits per heavy atom. The van der Waals surface area contributed by atoms with Gasteiger partial charge in [-0.15, -0.1) is 24.0 Å². The number of methoxy groups -OCH3 is 1. The lowest BCUT2D eigenvalue weighted by Gasteiger charge is -2.33. The standard InChI is InChI=1S/C18H26ClN3O2.HI/c1-3-20-18(21-11-8-14-6-4-5-7-16(14)19)22-12-9-15(10-13-22)17(23)24-2;/h4-7,15H,3,8-13H2,1-2H3,(H,20,21);1H. The molecule has 1 heterocycles. The van der Waals surface area contributed by atoms with Gasteiger partial charge in [0.15, 0.2) is 5.96 Å². The van der Waals surface area contributed by atoms with Crippen LogP contribution in [0.1, 0.15) is 25.3 Å². The van der Waals surface area contributed by atoms with Crippen LogP contribution < -0.4 is 5.32 Å². The van der Waals surface area contributed by atoms with Gasteiger partial charge in [0, 0.05) is 31.2 Å². The molecule has 1 aliphatic heterocycles. The van der Waals surface area contributed by atoms with Gasteiger partial charge in [0.05, 0.1) is 13.0 Å². The zero-order chi connectivity index (χ0) is 17.4. The van der Waals surface area contributed by atoms with E-state index in [2.05, 4.69) is 17.1 Å². The topological polar surface area (TPSA) is 53.9 Å². The third kappa shape index (κ3) is 6.66. The first kappa shape index (κ1) is 22.0. The number of halogens is 2. The number of hydrogen-bond acceptors (Lipinski definition) is 3. The maximum Gasteiger partial charge on any atom is 0.308 e. The smallest absolute Gasteiger partial charge is 0.308 e. The molecule has 140 valence electrons. The fraction of sp³-hybridized carbons (Fsp3) is 0.556. The summed E-state index contributed by atoms with van der Waals surface area (Å²) in [5.41, 5.74) is 1.11. The molecule has 0 atom stereocenters. The predicted octanol–water partition coefficient (Wildman–Crippen LogP) is 3.35. The fourth-order valence-corrected chi connectivity index (χ4v) is 3.13. The van der Waals surface area contributed by atoms with Crippen LogP contribution in [0.2, 0.25) is 5.02 Å². The first-order valence-corrected chi connectivity index (χ1v) is 8.88. The van der Waals surface area contributed by atoms with E-state index in [4.69, 9.17) is 21.3 Å². The van der Waals surface area contributed by atoms with Crippen LogP contribution in [0.15, 0.2) is 29.3 Å². The van der Waals surface area contributed by atoms with Crippen molar-refractivity contribution in [3.8, 4) is 0 Å². The molecule has 25 heavy (non-hydrogen) atoms. The van der Waals surface area contributed by atoms with E-state index in [1.807, 2.05) is 24.3 Å². The van der Waals surface area contributed by atoms with Crippen LogP contribution in [-0.4, -0.2) is 50.1 Å². The minimum atomic E-state index is -0.102. The summed E-state index contributed by atoms with van der Waals surface area (Å²) >= 11 is 6.19. The molecule has 0 radical (unpaired) electrons. The number of likely N-dealkylation sites (tertiary alicyclic amines) is 1. The number of nitrogens with zero attached hydrogens (tertiary/aromatic N) is 2. The van der Waals surface area contributed by atoms with Crippen molar-refractivity contribution in [2.24, 2.45) is 10.9 Å². The van der Waals surface area contributed by atoms with Gasteiger partial charge in [-0.1, -0.05) is 29.8 Å². The van der Waals surface area contributed by atoms with Gasteiger partial charge in [-0.2, -0.15) is 0 Å². The molecule has 7 heteroatoms. The Labute approximate surface area is 172 Å². The summed E-state index contributed by atoms with van der Waals surface area (Å²) in [6.07, 6.45) is 2.43.